The first-order valence-corrected chi connectivity index (χ1v) is 10.2. The molecule has 2 aliphatic rings. The molecule has 2 fully saturated rings. The normalized spacial score (nSPS) is 19.1. The number of hydrogen-bond acceptors (Lipinski definition) is 5. The fourth-order valence-electron chi connectivity index (χ4n) is 3.72. The molecule has 8 nitrogen and oxygen atoms in total. The van der Waals surface area contributed by atoms with Crippen LogP contribution in [0.2, 0.25) is 0 Å². The molecule has 2 saturated heterocycles. The van der Waals surface area contributed by atoms with E-state index < -0.39 is 0 Å². The first-order chi connectivity index (χ1) is 14.2. The lowest BCUT2D eigenvalue weighted by atomic mass is 10.1. The molecule has 1 aromatic heterocycles. The number of nitrogens with one attached hydrogen (secondary N) is 2. The van der Waals surface area contributed by atoms with Gasteiger partial charge in [-0.25, -0.2) is 0 Å². The Labute approximate surface area is 182 Å². The van der Waals surface area contributed by atoms with Crippen LogP contribution >= 0.6 is 12.4 Å². The second-order valence-electron chi connectivity index (χ2n) is 7.50. The fourth-order valence-corrected chi connectivity index (χ4v) is 3.72. The van der Waals surface area contributed by atoms with Gasteiger partial charge >= 0.3 is 0 Å². The van der Waals surface area contributed by atoms with Crippen LogP contribution in [0.1, 0.15) is 34.9 Å². The van der Waals surface area contributed by atoms with Crippen LogP contribution in [0.5, 0.6) is 0 Å². The lowest BCUT2D eigenvalue weighted by molar-refractivity contribution is -0.134. The van der Waals surface area contributed by atoms with E-state index in [1.54, 1.807) is 6.07 Å². The Kier molecular flexibility index (Phi) is 7.84. The summed E-state index contributed by atoms with van der Waals surface area (Å²) in [6.45, 7) is 4.42. The van der Waals surface area contributed by atoms with Crippen molar-refractivity contribution in [3.8, 4) is 0 Å². The second kappa shape index (κ2) is 10.6. The number of rotatable bonds is 5. The predicted molar refractivity (Wildman–Crippen MR) is 116 cm³/mol. The van der Waals surface area contributed by atoms with Gasteiger partial charge in [-0.15, -0.1) is 12.4 Å². The molecule has 162 valence electrons. The Hall–Kier alpha value is -2.42. The number of nitrogens with zero attached hydrogens (tertiary/aromatic N) is 3. The summed E-state index contributed by atoms with van der Waals surface area (Å²) in [6.07, 6.45) is 4.41. The topological polar surface area (TPSA) is 88.5 Å². The van der Waals surface area contributed by atoms with Gasteiger partial charge in [0.2, 0.25) is 5.91 Å². The molecule has 0 bridgehead atoms. The number of carbonyl (C=O) groups is 2. The van der Waals surface area contributed by atoms with Gasteiger partial charge in [0.1, 0.15) is 0 Å². The number of piperidine rings is 1. The standard InChI is InChI=1S/C21H27N5O3.ClH/c27-20(25-10-12-29-13-11-25)14-16-3-5-17(6-4-16)23-21(28)19-7-9-26(24-19)18-2-1-8-22-15-18;/h3-7,9,18,22H,1-2,8,10-15H2,(H,23,28);1H. The van der Waals surface area contributed by atoms with E-state index in [0.29, 0.717) is 50.1 Å². The molecule has 2 aliphatic heterocycles. The number of amides is 2. The summed E-state index contributed by atoms with van der Waals surface area (Å²) >= 11 is 0. The maximum absolute atomic E-state index is 12.5. The van der Waals surface area contributed by atoms with E-state index in [9.17, 15) is 9.59 Å². The van der Waals surface area contributed by atoms with E-state index in [-0.39, 0.29) is 24.2 Å². The van der Waals surface area contributed by atoms with Gasteiger partial charge in [-0.2, -0.15) is 5.10 Å². The van der Waals surface area contributed by atoms with Gasteiger partial charge in [0, 0.05) is 31.5 Å². The van der Waals surface area contributed by atoms with Crippen molar-refractivity contribution in [2.24, 2.45) is 0 Å². The monoisotopic (exact) mass is 433 g/mol. The van der Waals surface area contributed by atoms with Crippen LogP contribution in [0, 0.1) is 0 Å². The molecule has 2 amide bonds. The quantitative estimate of drug-likeness (QED) is 0.751. The third kappa shape index (κ3) is 5.59. The lowest BCUT2D eigenvalue weighted by Crippen LogP contribution is -2.41. The van der Waals surface area contributed by atoms with E-state index in [0.717, 1.165) is 31.5 Å². The number of benzene rings is 1. The van der Waals surface area contributed by atoms with Crippen molar-refractivity contribution >= 4 is 29.9 Å². The number of hydrogen-bond donors (Lipinski definition) is 2. The molecule has 0 aliphatic carbocycles. The van der Waals surface area contributed by atoms with Gasteiger partial charge < -0.3 is 20.3 Å². The average molecular weight is 434 g/mol. The number of aromatic nitrogens is 2. The van der Waals surface area contributed by atoms with Crippen molar-refractivity contribution in [1.29, 1.82) is 0 Å². The summed E-state index contributed by atoms with van der Waals surface area (Å²) in [7, 11) is 0. The minimum Gasteiger partial charge on any atom is -0.378 e. The van der Waals surface area contributed by atoms with Crippen molar-refractivity contribution in [1.82, 2.24) is 20.0 Å². The molecular formula is C21H28ClN5O3. The third-order valence-electron chi connectivity index (χ3n) is 5.42. The predicted octanol–water partition coefficient (Wildman–Crippen LogP) is 1.88. The van der Waals surface area contributed by atoms with Gasteiger partial charge in [0.05, 0.1) is 25.7 Å². The van der Waals surface area contributed by atoms with Crippen LogP contribution in [0.25, 0.3) is 0 Å². The summed E-state index contributed by atoms with van der Waals surface area (Å²) in [4.78, 5) is 26.7. The summed E-state index contributed by atoms with van der Waals surface area (Å²) in [5.74, 6) is -0.127. The Morgan fingerprint density at radius 3 is 2.63 bits per heavy atom. The van der Waals surface area contributed by atoms with Crippen molar-refractivity contribution in [3.63, 3.8) is 0 Å². The summed E-state index contributed by atoms with van der Waals surface area (Å²) in [5, 5.41) is 10.7. The van der Waals surface area contributed by atoms with Crippen LogP contribution in [0.15, 0.2) is 36.5 Å². The molecule has 30 heavy (non-hydrogen) atoms. The van der Waals surface area contributed by atoms with Crippen molar-refractivity contribution in [2.45, 2.75) is 25.3 Å². The maximum atomic E-state index is 12.5. The Bertz CT molecular complexity index is 843. The van der Waals surface area contributed by atoms with Gasteiger partial charge in [-0.05, 0) is 43.1 Å². The fraction of sp³-hybridized carbons (Fsp3) is 0.476. The van der Waals surface area contributed by atoms with Gasteiger partial charge in [0.15, 0.2) is 5.69 Å². The van der Waals surface area contributed by atoms with Crippen molar-refractivity contribution in [2.75, 3.05) is 44.7 Å². The lowest BCUT2D eigenvalue weighted by Gasteiger charge is -2.26. The highest BCUT2D eigenvalue weighted by Crippen LogP contribution is 2.17. The van der Waals surface area contributed by atoms with Crippen LogP contribution < -0.4 is 10.6 Å². The number of anilines is 1. The zero-order chi connectivity index (χ0) is 20.1. The molecule has 2 aromatic rings. The highest BCUT2D eigenvalue weighted by atomic mass is 35.5. The minimum atomic E-state index is -0.232. The first-order valence-electron chi connectivity index (χ1n) is 10.2. The average Bonchev–Trinajstić information content (AvgIpc) is 3.27. The highest BCUT2D eigenvalue weighted by Gasteiger charge is 2.19. The summed E-state index contributed by atoms with van der Waals surface area (Å²) < 4.78 is 7.16. The van der Waals surface area contributed by atoms with Crippen LogP contribution in [0.3, 0.4) is 0 Å². The number of morpholine rings is 1. The highest BCUT2D eigenvalue weighted by molar-refractivity contribution is 6.02. The van der Waals surface area contributed by atoms with E-state index >= 15 is 0 Å². The molecule has 2 N–H and O–H groups in total. The Morgan fingerprint density at radius 1 is 1.17 bits per heavy atom. The molecule has 3 heterocycles. The van der Waals surface area contributed by atoms with Gasteiger partial charge in [0.25, 0.3) is 5.91 Å². The van der Waals surface area contributed by atoms with E-state index in [4.69, 9.17) is 4.74 Å². The zero-order valence-corrected chi connectivity index (χ0v) is 17.7. The molecule has 4 rings (SSSR count). The minimum absolute atomic E-state index is 0. The van der Waals surface area contributed by atoms with Crippen LogP contribution in [-0.2, 0) is 16.0 Å². The summed E-state index contributed by atoms with van der Waals surface area (Å²) in [5.41, 5.74) is 2.02. The molecule has 0 radical (unpaired) electrons. The van der Waals surface area contributed by atoms with E-state index in [1.807, 2.05) is 40.0 Å². The zero-order valence-electron chi connectivity index (χ0n) is 16.9. The molecule has 9 heteroatoms. The third-order valence-corrected chi connectivity index (χ3v) is 5.42. The first kappa shape index (κ1) is 22.3. The molecular weight excluding hydrogens is 406 g/mol. The van der Waals surface area contributed by atoms with E-state index in [1.165, 1.54) is 0 Å². The maximum Gasteiger partial charge on any atom is 0.276 e. The molecule has 0 spiro atoms. The smallest absolute Gasteiger partial charge is 0.276 e. The molecule has 1 atom stereocenters. The number of carbonyl (C=O) groups excluding carboxylic acids is 2. The molecule has 1 aromatic carbocycles. The largest absolute Gasteiger partial charge is 0.378 e. The van der Waals surface area contributed by atoms with Gasteiger partial charge in [-0.1, -0.05) is 12.1 Å². The van der Waals surface area contributed by atoms with Crippen LogP contribution in [-0.4, -0.2) is 65.9 Å². The SMILES string of the molecule is Cl.O=C(Nc1ccc(CC(=O)N2CCOCC2)cc1)c1ccn(C2CCCNC2)n1. The van der Waals surface area contributed by atoms with E-state index in [2.05, 4.69) is 15.7 Å². The second-order valence-corrected chi connectivity index (χ2v) is 7.50. The molecule has 1 unspecified atom stereocenters. The Morgan fingerprint density at radius 2 is 1.93 bits per heavy atom. The van der Waals surface area contributed by atoms with Crippen molar-refractivity contribution < 1.29 is 14.3 Å². The summed E-state index contributed by atoms with van der Waals surface area (Å²) in [6, 6.07) is 9.44. The van der Waals surface area contributed by atoms with Crippen LogP contribution in [0.4, 0.5) is 5.69 Å². The number of ether oxygens (including phenoxy) is 1. The van der Waals surface area contributed by atoms with Crippen molar-refractivity contribution in [3.05, 3.63) is 47.8 Å². The Balaban J connectivity index is 0.00000256. The molecule has 0 saturated carbocycles. The number of halogens is 1. The van der Waals surface area contributed by atoms with Gasteiger partial charge in [-0.3, -0.25) is 14.3 Å².